The fourth-order valence-electron chi connectivity index (χ4n) is 3.71. The van der Waals surface area contributed by atoms with Crippen LogP contribution in [-0.4, -0.2) is 48.9 Å². The number of rotatable bonds is 4. The van der Waals surface area contributed by atoms with E-state index in [2.05, 4.69) is 20.4 Å². The van der Waals surface area contributed by atoms with Crippen LogP contribution in [0.15, 0.2) is 22.3 Å². The summed E-state index contributed by atoms with van der Waals surface area (Å²) in [4.78, 5) is 26.8. The van der Waals surface area contributed by atoms with Gasteiger partial charge in [-0.05, 0) is 50.1 Å². The minimum atomic E-state index is -0.203. The summed E-state index contributed by atoms with van der Waals surface area (Å²) in [6.07, 6.45) is 2.52. The number of aromatic nitrogens is 5. The predicted molar refractivity (Wildman–Crippen MR) is 102 cm³/mol. The number of hydrogen-bond acceptors (Lipinski definition) is 5. The van der Waals surface area contributed by atoms with Crippen molar-refractivity contribution < 1.29 is 4.79 Å². The molecule has 0 atom stereocenters. The highest BCUT2D eigenvalue weighted by Crippen LogP contribution is 2.24. The van der Waals surface area contributed by atoms with Crippen LogP contribution in [0.2, 0.25) is 0 Å². The zero-order valence-corrected chi connectivity index (χ0v) is 16.2. The highest BCUT2D eigenvalue weighted by Gasteiger charge is 2.27. The average Bonchev–Trinajstić information content (AvgIpc) is 3.37. The van der Waals surface area contributed by atoms with Crippen molar-refractivity contribution in [2.75, 3.05) is 13.1 Å². The molecular weight excluding hydrogens is 364 g/mol. The highest BCUT2D eigenvalue weighted by molar-refractivity contribution is 7.12. The number of likely N-dealkylation sites (tertiary alicyclic amines) is 1. The van der Waals surface area contributed by atoms with Crippen molar-refractivity contribution in [2.24, 2.45) is 5.92 Å². The molecule has 142 valence electrons. The first kappa shape index (κ1) is 17.7. The summed E-state index contributed by atoms with van der Waals surface area (Å²) < 4.78 is 1.65. The smallest absolute Gasteiger partial charge is 0.339 e. The Morgan fingerprint density at radius 1 is 1.26 bits per heavy atom. The summed E-state index contributed by atoms with van der Waals surface area (Å²) in [5, 5.41) is 16.6. The SMILES string of the molecule is Cc1n[nH]c(C)c1C(=O)N1CCC(Cc2n[nH]c(=O)n2-c2cccs2)CC1. The van der Waals surface area contributed by atoms with Gasteiger partial charge in [-0.1, -0.05) is 0 Å². The van der Waals surface area contributed by atoms with E-state index >= 15 is 0 Å². The fraction of sp³-hybridized carbons (Fsp3) is 0.444. The number of aryl methyl sites for hydroxylation is 2. The molecule has 3 aromatic rings. The first-order valence-corrected chi connectivity index (χ1v) is 9.93. The maximum Gasteiger partial charge on any atom is 0.348 e. The van der Waals surface area contributed by atoms with Crippen LogP contribution < -0.4 is 5.69 Å². The molecule has 1 aliphatic rings. The van der Waals surface area contributed by atoms with Crippen LogP contribution in [0.5, 0.6) is 0 Å². The third kappa shape index (κ3) is 3.34. The lowest BCUT2D eigenvalue weighted by molar-refractivity contribution is 0.0688. The molecule has 2 N–H and O–H groups in total. The molecule has 0 aromatic carbocycles. The number of carbonyl (C=O) groups excluding carboxylic acids is 1. The van der Waals surface area contributed by atoms with Crippen molar-refractivity contribution in [1.29, 1.82) is 0 Å². The number of nitrogens with one attached hydrogen (secondary N) is 2. The van der Waals surface area contributed by atoms with E-state index in [0.717, 1.165) is 41.5 Å². The van der Waals surface area contributed by atoms with Crippen molar-refractivity contribution in [1.82, 2.24) is 29.9 Å². The normalized spacial score (nSPS) is 15.4. The summed E-state index contributed by atoms with van der Waals surface area (Å²) in [5.41, 5.74) is 2.05. The molecule has 1 fully saturated rings. The lowest BCUT2D eigenvalue weighted by Crippen LogP contribution is -2.39. The molecule has 1 amide bonds. The van der Waals surface area contributed by atoms with E-state index in [4.69, 9.17) is 0 Å². The van der Waals surface area contributed by atoms with Crippen molar-refractivity contribution in [2.45, 2.75) is 33.1 Å². The second-order valence-electron chi connectivity index (χ2n) is 6.98. The third-order valence-electron chi connectivity index (χ3n) is 5.18. The van der Waals surface area contributed by atoms with Crippen LogP contribution in [0.3, 0.4) is 0 Å². The number of carbonyl (C=O) groups is 1. The molecule has 1 saturated heterocycles. The molecule has 0 bridgehead atoms. The molecule has 0 unspecified atom stereocenters. The zero-order chi connectivity index (χ0) is 19.0. The summed E-state index contributed by atoms with van der Waals surface area (Å²) in [5.74, 6) is 1.20. The Bertz CT molecular complexity index is 972. The fourth-order valence-corrected chi connectivity index (χ4v) is 4.46. The molecule has 0 radical (unpaired) electrons. The number of nitrogens with zero attached hydrogens (tertiary/aromatic N) is 4. The summed E-state index contributed by atoms with van der Waals surface area (Å²) in [6.45, 7) is 5.15. The monoisotopic (exact) mass is 386 g/mol. The van der Waals surface area contributed by atoms with E-state index in [1.165, 1.54) is 11.3 Å². The van der Waals surface area contributed by atoms with Crippen LogP contribution in [0.25, 0.3) is 5.00 Å². The molecule has 0 aliphatic carbocycles. The van der Waals surface area contributed by atoms with Gasteiger partial charge in [-0.3, -0.25) is 9.89 Å². The lowest BCUT2D eigenvalue weighted by Gasteiger charge is -2.32. The third-order valence-corrected chi connectivity index (χ3v) is 6.04. The Kier molecular flexibility index (Phi) is 4.69. The van der Waals surface area contributed by atoms with Gasteiger partial charge in [0.2, 0.25) is 0 Å². The predicted octanol–water partition coefficient (Wildman–Crippen LogP) is 2.06. The molecule has 4 rings (SSSR count). The first-order valence-electron chi connectivity index (χ1n) is 9.05. The molecule has 27 heavy (non-hydrogen) atoms. The molecule has 0 saturated carbocycles. The molecular formula is C18H22N6O2S. The van der Waals surface area contributed by atoms with E-state index in [1.54, 1.807) is 4.57 Å². The number of aromatic amines is 2. The van der Waals surface area contributed by atoms with Crippen LogP contribution in [0, 0.1) is 19.8 Å². The average molecular weight is 386 g/mol. The maximum absolute atomic E-state index is 12.8. The van der Waals surface area contributed by atoms with Crippen LogP contribution in [0.4, 0.5) is 0 Å². The van der Waals surface area contributed by atoms with Gasteiger partial charge in [-0.2, -0.15) is 10.2 Å². The van der Waals surface area contributed by atoms with E-state index < -0.39 is 0 Å². The number of thiophene rings is 1. The molecule has 8 nitrogen and oxygen atoms in total. The van der Waals surface area contributed by atoms with Gasteiger partial charge in [0.1, 0.15) is 10.8 Å². The number of amides is 1. The van der Waals surface area contributed by atoms with Gasteiger partial charge in [0.15, 0.2) is 0 Å². The standard InChI is InChI=1S/C18H22N6O2S/c1-11-16(12(2)20-19-11)17(25)23-7-5-13(6-8-23)10-14-21-22-18(26)24(14)15-4-3-9-27-15/h3-4,9,13H,5-8,10H2,1-2H3,(H,19,20)(H,22,26). The molecule has 9 heteroatoms. The Morgan fingerprint density at radius 3 is 2.67 bits per heavy atom. The largest absolute Gasteiger partial charge is 0.348 e. The van der Waals surface area contributed by atoms with Gasteiger partial charge in [0, 0.05) is 25.2 Å². The Labute approximate surface area is 160 Å². The summed E-state index contributed by atoms with van der Waals surface area (Å²) in [6, 6.07) is 3.84. The van der Waals surface area contributed by atoms with Gasteiger partial charge >= 0.3 is 5.69 Å². The van der Waals surface area contributed by atoms with Crippen molar-refractivity contribution in [3.63, 3.8) is 0 Å². The van der Waals surface area contributed by atoms with Crippen LogP contribution in [-0.2, 0) is 6.42 Å². The van der Waals surface area contributed by atoms with Gasteiger partial charge in [-0.15, -0.1) is 11.3 Å². The van der Waals surface area contributed by atoms with Gasteiger partial charge < -0.3 is 4.90 Å². The van der Waals surface area contributed by atoms with Crippen LogP contribution in [0.1, 0.15) is 40.4 Å². The molecule has 0 spiro atoms. The molecule has 4 heterocycles. The van der Waals surface area contributed by atoms with Crippen molar-refractivity contribution in [3.05, 3.63) is 50.8 Å². The minimum Gasteiger partial charge on any atom is -0.339 e. The van der Waals surface area contributed by atoms with Gasteiger partial charge in [0.05, 0.1) is 11.3 Å². The topological polar surface area (TPSA) is 99.7 Å². The number of H-pyrrole nitrogens is 2. The van der Waals surface area contributed by atoms with E-state index in [-0.39, 0.29) is 11.6 Å². The Morgan fingerprint density at radius 2 is 2.04 bits per heavy atom. The Balaban J connectivity index is 1.42. The molecule has 3 aromatic heterocycles. The Hall–Kier alpha value is -2.68. The lowest BCUT2D eigenvalue weighted by atomic mass is 9.92. The molecule has 1 aliphatic heterocycles. The summed E-state index contributed by atoms with van der Waals surface area (Å²) >= 11 is 1.52. The van der Waals surface area contributed by atoms with Crippen molar-refractivity contribution >= 4 is 17.2 Å². The van der Waals surface area contributed by atoms with E-state index in [0.29, 0.717) is 24.6 Å². The van der Waals surface area contributed by atoms with E-state index in [9.17, 15) is 9.59 Å². The number of piperidine rings is 1. The second-order valence-corrected chi connectivity index (χ2v) is 7.91. The minimum absolute atomic E-state index is 0.0486. The highest BCUT2D eigenvalue weighted by atomic mass is 32.1. The second kappa shape index (κ2) is 7.15. The van der Waals surface area contributed by atoms with Gasteiger partial charge in [-0.25, -0.2) is 14.5 Å². The maximum atomic E-state index is 12.8. The van der Waals surface area contributed by atoms with Crippen LogP contribution >= 0.6 is 11.3 Å². The van der Waals surface area contributed by atoms with E-state index in [1.807, 2.05) is 36.3 Å². The van der Waals surface area contributed by atoms with Crippen molar-refractivity contribution in [3.8, 4) is 5.00 Å². The van der Waals surface area contributed by atoms with Gasteiger partial charge in [0.25, 0.3) is 5.91 Å². The summed E-state index contributed by atoms with van der Waals surface area (Å²) in [7, 11) is 0. The zero-order valence-electron chi connectivity index (χ0n) is 15.4. The first-order chi connectivity index (χ1) is 13.0. The number of hydrogen-bond donors (Lipinski definition) is 2. The quantitative estimate of drug-likeness (QED) is 0.717.